The van der Waals surface area contributed by atoms with Gasteiger partial charge >= 0.3 is 12.1 Å². The number of fused-ring (bicyclic) bond motifs is 1. The number of amides is 4. The molecule has 0 spiro atoms. The number of urea groups is 1. The molecule has 0 radical (unpaired) electrons. The Morgan fingerprint density at radius 2 is 1.53 bits per heavy atom. The van der Waals surface area contributed by atoms with E-state index in [1.54, 1.807) is 17.0 Å². The number of nitrogens with zero attached hydrogens (tertiary/aromatic N) is 4. The van der Waals surface area contributed by atoms with Crippen molar-refractivity contribution in [3.8, 4) is 0 Å². The molecule has 3 fully saturated rings. The van der Waals surface area contributed by atoms with Gasteiger partial charge in [0.05, 0.1) is 10.0 Å². The predicted octanol–water partition coefficient (Wildman–Crippen LogP) is 4.49. The third-order valence-corrected chi connectivity index (χ3v) is 10.4. The highest BCUT2D eigenvalue weighted by atomic mass is 35.5. The Bertz CT molecular complexity index is 1370. The molecule has 0 aromatic heterocycles. The van der Waals surface area contributed by atoms with Crippen LogP contribution in [0.4, 0.5) is 15.3 Å². The number of hydrogen-bond acceptors (Lipinski definition) is 6. The molecule has 2 aromatic rings. The molecule has 1 atom stereocenters. The number of halogens is 2. The summed E-state index contributed by atoms with van der Waals surface area (Å²) >= 11 is 12.4. The minimum absolute atomic E-state index is 0.0222. The molecule has 3 saturated heterocycles. The van der Waals surface area contributed by atoms with E-state index in [-0.39, 0.29) is 24.4 Å². The number of rotatable bonds is 6. The van der Waals surface area contributed by atoms with Gasteiger partial charge in [-0.3, -0.25) is 9.69 Å². The maximum atomic E-state index is 13.9. The van der Waals surface area contributed by atoms with Crippen LogP contribution >= 0.6 is 23.2 Å². The lowest BCUT2D eigenvalue weighted by Crippen LogP contribution is -2.54. The molecule has 2 N–H and O–H groups in total. The van der Waals surface area contributed by atoms with Gasteiger partial charge in [0.25, 0.3) is 5.91 Å². The Labute approximate surface area is 274 Å². The second-order valence-electron chi connectivity index (χ2n) is 12.4. The summed E-state index contributed by atoms with van der Waals surface area (Å²) in [6.07, 6.45) is 2.61. The molecule has 4 aliphatic rings. The molecule has 6 rings (SSSR count). The van der Waals surface area contributed by atoms with Crippen molar-refractivity contribution in [2.24, 2.45) is 0 Å². The van der Waals surface area contributed by atoms with Crippen LogP contribution in [0, 0.1) is 0 Å². The van der Waals surface area contributed by atoms with Gasteiger partial charge in [0, 0.05) is 83.1 Å². The van der Waals surface area contributed by atoms with Gasteiger partial charge in [0.1, 0.15) is 0 Å². The monoisotopic (exact) mass is 656 g/mol. The van der Waals surface area contributed by atoms with Crippen LogP contribution in [0.2, 0.25) is 10.0 Å². The molecule has 45 heavy (non-hydrogen) atoms. The molecule has 242 valence electrons. The van der Waals surface area contributed by atoms with Crippen molar-refractivity contribution in [1.82, 2.24) is 24.9 Å². The molecular weight excluding hydrogens is 615 g/mol. The van der Waals surface area contributed by atoms with E-state index in [2.05, 4.69) is 15.5 Å². The summed E-state index contributed by atoms with van der Waals surface area (Å²) in [6, 6.07) is 13.5. The SMILES string of the molecule is O=C(O[C@H](Cc1ccc(Cl)c(Cl)c1)C(=O)N1CCC(N2CCNCC2)CC1)N1CCC(N2CCc3ccccc3NC2=O)CC1. The van der Waals surface area contributed by atoms with E-state index < -0.39 is 12.2 Å². The molecule has 0 bridgehead atoms. The predicted molar refractivity (Wildman–Crippen MR) is 175 cm³/mol. The topological polar surface area (TPSA) is 97.5 Å². The Morgan fingerprint density at radius 1 is 0.844 bits per heavy atom. The van der Waals surface area contributed by atoms with E-state index >= 15 is 0 Å². The maximum absolute atomic E-state index is 13.9. The molecule has 4 aliphatic heterocycles. The molecule has 12 heteroatoms. The van der Waals surface area contributed by atoms with Crippen LogP contribution in [-0.2, 0) is 22.4 Å². The van der Waals surface area contributed by atoms with E-state index in [0.29, 0.717) is 61.7 Å². The van der Waals surface area contributed by atoms with Crippen molar-refractivity contribution in [2.75, 3.05) is 64.2 Å². The van der Waals surface area contributed by atoms with Gasteiger partial charge in [-0.15, -0.1) is 0 Å². The molecule has 2 aromatic carbocycles. The lowest BCUT2D eigenvalue weighted by Gasteiger charge is -2.41. The number of anilines is 1. The van der Waals surface area contributed by atoms with Crippen molar-refractivity contribution in [3.05, 3.63) is 63.6 Å². The highest BCUT2D eigenvalue weighted by molar-refractivity contribution is 6.42. The van der Waals surface area contributed by atoms with Gasteiger partial charge in [-0.1, -0.05) is 47.5 Å². The molecule has 0 aliphatic carbocycles. The number of likely N-dealkylation sites (tertiary alicyclic amines) is 2. The van der Waals surface area contributed by atoms with Crippen molar-refractivity contribution in [3.63, 3.8) is 0 Å². The fourth-order valence-electron chi connectivity index (χ4n) is 7.06. The van der Waals surface area contributed by atoms with Crippen molar-refractivity contribution >= 4 is 46.9 Å². The van der Waals surface area contributed by atoms with Gasteiger partial charge in [0.2, 0.25) is 0 Å². The second-order valence-corrected chi connectivity index (χ2v) is 13.2. The first kappa shape index (κ1) is 31.9. The van der Waals surface area contributed by atoms with Gasteiger partial charge < -0.3 is 30.1 Å². The Kier molecular flexibility index (Phi) is 10.3. The number of carbonyl (C=O) groups is 3. The number of para-hydroxylation sites is 1. The fourth-order valence-corrected chi connectivity index (χ4v) is 7.38. The third-order valence-electron chi connectivity index (χ3n) is 9.67. The van der Waals surface area contributed by atoms with Crippen molar-refractivity contribution in [2.45, 2.75) is 56.7 Å². The van der Waals surface area contributed by atoms with E-state index in [9.17, 15) is 14.4 Å². The van der Waals surface area contributed by atoms with E-state index in [4.69, 9.17) is 27.9 Å². The summed E-state index contributed by atoms with van der Waals surface area (Å²) in [7, 11) is 0. The van der Waals surface area contributed by atoms with Crippen LogP contribution in [0.1, 0.15) is 36.8 Å². The summed E-state index contributed by atoms with van der Waals surface area (Å²) in [5, 5.41) is 7.27. The van der Waals surface area contributed by atoms with Gasteiger partial charge in [-0.2, -0.15) is 0 Å². The highest BCUT2D eigenvalue weighted by Gasteiger charge is 2.36. The van der Waals surface area contributed by atoms with E-state index in [1.165, 1.54) is 0 Å². The molecule has 4 heterocycles. The van der Waals surface area contributed by atoms with Gasteiger partial charge in [-0.05, 0) is 61.4 Å². The van der Waals surface area contributed by atoms with Crippen LogP contribution in [0.5, 0.6) is 0 Å². The third kappa shape index (κ3) is 7.68. The molecule has 0 saturated carbocycles. The summed E-state index contributed by atoms with van der Waals surface area (Å²) < 4.78 is 5.99. The average Bonchev–Trinajstić information content (AvgIpc) is 3.24. The zero-order valence-corrected chi connectivity index (χ0v) is 27.1. The Balaban J connectivity index is 1.07. The summed E-state index contributed by atoms with van der Waals surface area (Å²) in [5.74, 6) is -0.177. The van der Waals surface area contributed by atoms with Crippen LogP contribution < -0.4 is 10.6 Å². The van der Waals surface area contributed by atoms with Crippen molar-refractivity contribution in [1.29, 1.82) is 0 Å². The average molecular weight is 658 g/mol. The maximum Gasteiger partial charge on any atom is 0.410 e. The smallest absolute Gasteiger partial charge is 0.410 e. The highest BCUT2D eigenvalue weighted by Crippen LogP contribution is 2.27. The number of carbonyl (C=O) groups excluding carboxylic acids is 3. The van der Waals surface area contributed by atoms with Gasteiger partial charge in [-0.25, -0.2) is 9.59 Å². The van der Waals surface area contributed by atoms with Crippen LogP contribution in [0.25, 0.3) is 0 Å². The van der Waals surface area contributed by atoms with Crippen LogP contribution in [-0.4, -0.2) is 115 Å². The first-order valence-electron chi connectivity index (χ1n) is 16.1. The molecule has 0 unspecified atom stereocenters. The lowest BCUT2D eigenvalue weighted by molar-refractivity contribution is -0.142. The largest absolute Gasteiger partial charge is 0.436 e. The summed E-state index contributed by atoms with van der Waals surface area (Å²) in [6.45, 7) is 6.85. The fraction of sp³-hybridized carbons (Fsp3) is 0.545. The second kappa shape index (κ2) is 14.6. The lowest BCUT2D eigenvalue weighted by atomic mass is 10.0. The summed E-state index contributed by atoms with van der Waals surface area (Å²) in [4.78, 5) is 48.3. The molecular formula is C33H42Cl2N6O4. The minimum atomic E-state index is -0.974. The number of ether oxygens (including phenoxy) is 1. The van der Waals surface area contributed by atoms with E-state index in [1.807, 2.05) is 40.1 Å². The number of benzene rings is 2. The number of nitrogens with one attached hydrogen (secondary N) is 2. The number of piperidine rings is 2. The molecule has 10 nitrogen and oxygen atoms in total. The van der Waals surface area contributed by atoms with Crippen LogP contribution in [0.3, 0.4) is 0 Å². The van der Waals surface area contributed by atoms with Crippen molar-refractivity contribution < 1.29 is 19.1 Å². The Hall–Kier alpha value is -3.05. The standard InChI is InChI=1S/C33H42Cl2N6O4/c34-27-6-5-23(21-28(27)35)22-30(31(42)39-14-8-25(9-15-39)38-19-12-36-13-20-38)45-33(44)40-16-10-26(11-17-40)41-18-7-24-3-1-2-4-29(24)37-32(41)43/h1-6,21,25-26,30,36H,7-20,22H2,(H,37,43)/t30-/m1/s1. The number of hydrogen-bond donors (Lipinski definition) is 2. The first-order valence-corrected chi connectivity index (χ1v) is 16.9. The number of piperazine rings is 1. The normalized spacial score (nSPS) is 21.1. The quantitative estimate of drug-likeness (QED) is 0.476. The zero-order chi connectivity index (χ0) is 31.3. The van der Waals surface area contributed by atoms with Crippen LogP contribution in [0.15, 0.2) is 42.5 Å². The van der Waals surface area contributed by atoms with E-state index in [0.717, 1.165) is 62.3 Å². The Morgan fingerprint density at radius 3 is 2.27 bits per heavy atom. The van der Waals surface area contributed by atoms with Gasteiger partial charge in [0.15, 0.2) is 6.10 Å². The first-order chi connectivity index (χ1) is 21.9. The molecule has 4 amide bonds. The summed E-state index contributed by atoms with van der Waals surface area (Å²) in [5.41, 5.74) is 2.76. The zero-order valence-electron chi connectivity index (χ0n) is 25.6. The minimum Gasteiger partial charge on any atom is -0.436 e.